The number of nitrogens with zero attached hydrogens (tertiary/aromatic N) is 2. The van der Waals surface area contributed by atoms with E-state index >= 15 is 0 Å². The van der Waals surface area contributed by atoms with Crippen molar-refractivity contribution in [3.63, 3.8) is 0 Å². The highest BCUT2D eigenvalue weighted by molar-refractivity contribution is 5.78. The van der Waals surface area contributed by atoms with Crippen LogP contribution in [0.1, 0.15) is 51.9 Å². The lowest BCUT2D eigenvalue weighted by Gasteiger charge is -2.36. The van der Waals surface area contributed by atoms with E-state index in [4.69, 9.17) is 5.11 Å². The van der Waals surface area contributed by atoms with Gasteiger partial charge < -0.3 is 10.0 Å². The molecular weight excluding hydrogens is 268 g/mol. The van der Waals surface area contributed by atoms with E-state index in [9.17, 15) is 9.59 Å². The summed E-state index contributed by atoms with van der Waals surface area (Å²) in [5, 5.41) is 9.01. The highest BCUT2D eigenvalue weighted by atomic mass is 16.4. The average molecular weight is 296 g/mol. The number of carboxylic acids is 1. The van der Waals surface area contributed by atoms with Crippen LogP contribution >= 0.6 is 0 Å². The Morgan fingerprint density at radius 1 is 1.10 bits per heavy atom. The van der Waals surface area contributed by atoms with Crippen molar-refractivity contribution in [2.75, 3.05) is 26.2 Å². The van der Waals surface area contributed by atoms with Crippen LogP contribution in [-0.4, -0.2) is 59.0 Å². The van der Waals surface area contributed by atoms with Gasteiger partial charge in [0.1, 0.15) is 0 Å². The molecule has 0 radical (unpaired) electrons. The van der Waals surface area contributed by atoms with E-state index in [1.54, 1.807) is 0 Å². The first-order chi connectivity index (χ1) is 10.1. The van der Waals surface area contributed by atoms with E-state index in [2.05, 4.69) is 11.8 Å². The smallest absolute Gasteiger partial charge is 0.306 e. The Kier molecular flexibility index (Phi) is 6.03. The highest BCUT2D eigenvalue weighted by Gasteiger charge is 2.28. The number of hydrogen-bond acceptors (Lipinski definition) is 3. The van der Waals surface area contributed by atoms with Gasteiger partial charge in [0.2, 0.25) is 5.91 Å². The fourth-order valence-electron chi connectivity index (χ4n) is 3.65. The number of likely N-dealkylation sites (N-methyl/N-ethyl adjacent to an activating group) is 1. The van der Waals surface area contributed by atoms with Crippen LogP contribution in [0, 0.1) is 5.92 Å². The molecule has 1 saturated carbocycles. The lowest BCUT2D eigenvalue weighted by molar-refractivity contribution is -0.143. The second-order valence-electron chi connectivity index (χ2n) is 6.36. The van der Waals surface area contributed by atoms with Crippen molar-refractivity contribution in [1.82, 2.24) is 9.80 Å². The second-order valence-corrected chi connectivity index (χ2v) is 6.36. The van der Waals surface area contributed by atoms with Gasteiger partial charge >= 0.3 is 5.97 Å². The van der Waals surface area contributed by atoms with Crippen LogP contribution in [0.2, 0.25) is 0 Å². The maximum atomic E-state index is 12.5. The maximum absolute atomic E-state index is 12.5. The number of carboxylic acid groups (broad SMARTS) is 1. The lowest BCUT2D eigenvalue weighted by atomic mass is 9.94. The first-order valence-corrected chi connectivity index (χ1v) is 8.36. The molecule has 1 aliphatic heterocycles. The molecule has 0 spiro atoms. The number of piperidine rings is 1. The van der Waals surface area contributed by atoms with Crippen molar-refractivity contribution >= 4 is 11.9 Å². The number of rotatable bonds is 5. The van der Waals surface area contributed by atoms with E-state index < -0.39 is 5.97 Å². The predicted molar refractivity (Wildman–Crippen MR) is 81.1 cm³/mol. The summed E-state index contributed by atoms with van der Waals surface area (Å²) < 4.78 is 0. The Morgan fingerprint density at radius 3 is 2.24 bits per heavy atom. The van der Waals surface area contributed by atoms with E-state index in [0.29, 0.717) is 25.4 Å². The molecule has 1 aliphatic carbocycles. The zero-order valence-corrected chi connectivity index (χ0v) is 13.1. The molecule has 2 rings (SSSR count). The molecule has 0 aromatic heterocycles. The van der Waals surface area contributed by atoms with Crippen LogP contribution in [0.15, 0.2) is 0 Å². The van der Waals surface area contributed by atoms with Crippen molar-refractivity contribution in [2.24, 2.45) is 5.92 Å². The Labute approximate surface area is 127 Å². The fourth-order valence-corrected chi connectivity index (χ4v) is 3.65. The van der Waals surface area contributed by atoms with Crippen LogP contribution in [0.4, 0.5) is 0 Å². The number of hydrogen-bond donors (Lipinski definition) is 1. The number of carbonyl (C=O) groups excluding carboxylic acids is 1. The molecule has 5 nitrogen and oxygen atoms in total. The minimum Gasteiger partial charge on any atom is -0.481 e. The Morgan fingerprint density at radius 2 is 1.71 bits per heavy atom. The van der Waals surface area contributed by atoms with E-state index in [1.807, 2.05) is 4.90 Å². The van der Waals surface area contributed by atoms with Crippen LogP contribution in [-0.2, 0) is 9.59 Å². The maximum Gasteiger partial charge on any atom is 0.306 e. The molecule has 5 heteroatoms. The summed E-state index contributed by atoms with van der Waals surface area (Å²) in [6.07, 6.45) is 7.37. The van der Waals surface area contributed by atoms with Gasteiger partial charge in [-0.15, -0.1) is 0 Å². The molecule has 1 saturated heterocycles. The molecule has 0 unspecified atom stereocenters. The minimum absolute atomic E-state index is 0.221. The Hall–Kier alpha value is -1.10. The highest BCUT2D eigenvalue weighted by Crippen LogP contribution is 2.23. The third-order valence-corrected chi connectivity index (χ3v) is 4.97. The molecule has 2 aliphatic rings. The van der Waals surface area contributed by atoms with Gasteiger partial charge in [-0.25, -0.2) is 0 Å². The van der Waals surface area contributed by atoms with Crippen LogP contribution in [0.3, 0.4) is 0 Å². The van der Waals surface area contributed by atoms with E-state index in [-0.39, 0.29) is 11.8 Å². The van der Waals surface area contributed by atoms with Crippen molar-refractivity contribution in [3.05, 3.63) is 0 Å². The summed E-state index contributed by atoms with van der Waals surface area (Å²) in [6.45, 7) is 4.75. The standard InChI is InChI=1S/C16H28N2O3/c1-2-18(14-6-4-3-5-7-14)15(19)12-17-10-8-13(9-11-17)16(20)21/h13-14H,2-12H2,1H3,(H,20,21). The molecule has 1 N–H and O–H groups in total. The van der Waals surface area contributed by atoms with Crippen molar-refractivity contribution in [3.8, 4) is 0 Å². The van der Waals surface area contributed by atoms with Crippen molar-refractivity contribution in [1.29, 1.82) is 0 Å². The zero-order chi connectivity index (χ0) is 15.2. The quantitative estimate of drug-likeness (QED) is 0.842. The summed E-state index contributed by atoms with van der Waals surface area (Å²) in [4.78, 5) is 27.6. The number of likely N-dealkylation sites (tertiary alicyclic amines) is 1. The molecule has 1 amide bonds. The SMILES string of the molecule is CCN(C(=O)CN1CCC(C(=O)O)CC1)C1CCCCC1. The van der Waals surface area contributed by atoms with Crippen LogP contribution < -0.4 is 0 Å². The normalized spacial score (nSPS) is 22.1. The molecule has 0 aromatic rings. The van der Waals surface area contributed by atoms with Gasteiger partial charge in [0, 0.05) is 12.6 Å². The summed E-state index contributed by atoms with van der Waals surface area (Å²) in [7, 11) is 0. The van der Waals surface area contributed by atoms with Gasteiger partial charge in [-0.2, -0.15) is 0 Å². The third kappa shape index (κ3) is 4.43. The topological polar surface area (TPSA) is 60.9 Å². The molecule has 21 heavy (non-hydrogen) atoms. The second kappa shape index (κ2) is 7.78. The monoisotopic (exact) mass is 296 g/mol. The summed E-state index contributed by atoms with van der Waals surface area (Å²) >= 11 is 0. The predicted octanol–water partition coefficient (Wildman–Crippen LogP) is 1.96. The molecule has 1 heterocycles. The van der Waals surface area contributed by atoms with Crippen LogP contribution in [0.25, 0.3) is 0 Å². The number of aliphatic carboxylic acids is 1. The van der Waals surface area contributed by atoms with Gasteiger partial charge in [-0.05, 0) is 45.7 Å². The third-order valence-electron chi connectivity index (χ3n) is 4.97. The Bertz CT molecular complexity index is 359. The summed E-state index contributed by atoms with van der Waals surface area (Å²) in [6, 6.07) is 0.424. The molecule has 0 bridgehead atoms. The summed E-state index contributed by atoms with van der Waals surface area (Å²) in [5.74, 6) is -0.700. The minimum atomic E-state index is -0.696. The molecule has 0 atom stereocenters. The van der Waals surface area contributed by atoms with Gasteiger partial charge in [-0.1, -0.05) is 19.3 Å². The fraction of sp³-hybridized carbons (Fsp3) is 0.875. The first-order valence-electron chi connectivity index (χ1n) is 8.36. The average Bonchev–Trinajstić information content (AvgIpc) is 2.49. The Balaban J connectivity index is 1.81. The molecule has 0 aromatic carbocycles. The van der Waals surface area contributed by atoms with Gasteiger partial charge in [0.25, 0.3) is 0 Å². The largest absolute Gasteiger partial charge is 0.481 e. The van der Waals surface area contributed by atoms with Crippen molar-refractivity contribution in [2.45, 2.75) is 57.9 Å². The lowest BCUT2D eigenvalue weighted by Crippen LogP contribution is -2.48. The van der Waals surface area contributed by atoms with Gasteiger partial charge in [-0.3, -0.25) is 14.5 Å². The first kappa shape index (κ1) is 16.3. The van der Waals surface area contributed by atoms with Gasteiger partial charge in [0.15, 0.2) is 0 Å². The van der Waals surface area contributed by atoms with E-state index in [1.165, 1.54) is 19.3 Å². The molecule has 2 fully saturated rings. The molecular formula is C16H28N2O3. The van der Waals surface area contributed by atoms with Crippen LogP contribution in [0.5, 0.6) is 0 Å². The van der Waals surface area contributed by atoms with Gasteiger partial charge in [0.05, 0.1) is 12.5 Å². The zero-order valence-electron chi connectivity index (χ0n) is 13.1. The van der Waals surface area contributed by atoms with Crippen molar-refractivity contribution < 1.29 is 14.7 Å². The van der Waals surface area contributed by atoms with E-state index in [0.717, 1.165) is 32.5 Å². The molecule has 120 valence electrons. The summed E-state index contributed by atoms with van der Waals surface area (Å²) in [5.41, 5.74) is 0. The number of amides is 1. The number of carbonyl (C=O) groups is 2.